The van der Waals surface area contributed by atoms with Crippen LogP contribution in [0, 0.1) is 6.92 Å². The molecule has 1 saturated heterocycles. The summed E-state index contributed by atoms with van der Waals surface area (Å²) in [6, 6.07) is 5.56. The number of carbonyl (C=O) groups is 2. The summed E-state index contributed by atoms with van der Waals surface area (Å²) >= 11 is 0. The molecule has 90 valence electrons. The summed E-state index contributed by atoms with van der Waals surface area (Å²) in [4.78, 5) is 24.2. The molecule has 1 amide bonds. The average molecular weight is 232 g/mol. The lowest BCUT2D eigenvalue weighted by Gasteiger charge is -2.23. The number of rotatable bonds is 2. The predicted molar refractivity (Wildman–Crippen MR) is 66.4 cm³/mol. The van der Waals surface area contributed by atoms with E-state index in [9.17, 15) is 9.59 Å². The second kappa shape index (κ2) is 4.99. The van der Waals surface area contributed by atoms with Gasteiger partial charge in [-0.2, -0.15) is 0 Å². The molecule has 0 atom stereocenters. The van der Waals surface area contributed by atoms with Crippen LogP contribution >= 0.6 is 0 Å². The second-order valence-corrected chi connectivity index (χ2v) is 4.29. The van der Waals surface area contributed by atoms with Gasteiger partial charge in [0.1, 0.15) is 6.29 Å². The summed E-state index contributed by atoms with van der Waals surface area (Å²) < 4.78 is 0. The average Bonchev–Trinajstić information content (AvgIpc) is 2.53. The van der Waals surface area contributed by atoms with Gasteiger partial charge in [0.25, 0.3) is 0 Å². The minimum atomic E-state index is 0.0568. The highest BCUT2D eigenvalue weighted by atomic mass is 16.2. The van der Waals surface area contributed by atoms with Gasteiger partial charge in [0, 0.05) is 24.3 Å². The van der Waals surface area contributed by atoms with Gasteiger partial charge in [-0.25, -0.2) is 0 Å². The van der Waals surface area contributed by atoms with Crippen LogP contribution in [0.2, 0.25) is 0 Å². The molecule has 0 unspecified atom stereocenters. The predicted octanol–water partition coefficient (Wildman–Crippen LogP) is 1.13. The SMILES string of the molecule is Cc1cc(C=O)ccc1N1CCCNC(=O)C1. The molecule has 1 heterocycles. The third kappa shape index (κ3) is 2.64. The monoisotopic (exact) mass is 232 g/mol. The molecule has 1 N–H and O–H groups in total. The van der Waals surface area contributed by atoms with Crippen LogP contribution in [0.1, 0.15) is 22.3 Å². The van der Waals surface area contributed by atoms with E-state index in [2.05, 4.69) is 10.2 Å². The van der Waals surface area contributed by atoms with E-state index in [1.165, 1.54) is 0 Å². The molecule has 1 aromatic carbocycles. The number of aryl methyl sites for hydroxylation is 1. The van der Waals surface area contributed by atoms with E-state index in [4.69, 9.17) is 0 Å². The molecular formula is C13H16N2O2. The molecule has 0 bridgehead atoms. The maximum atomic E-state index is 11.5. The molecule has 0 radical (unpaired) electrons. The van der Waals surface area contributed by atoms with Gasteiger partial charge in [-0.3, -0.25) is 9.59 Å². The summed E-state index contributed by atoms with van der Waals surface area (Å²) in [7, 11) is 0. The van der Waals surface area contributed by atoms with Crippen LogP contribution in [-0.2, 0) is 4.79 Å². The topological polar surface area (TPSA) is 49.4 Å². The van der Waals surface area contributed by atoms with Crippen LogP contribution < -0.4 is 10.2 Å². The zero-order chi connectivity index (χ0) is 12.3. The van der Waals surface area contributed by atoms with Crippen molar-refractivity contribution in [2.45, 2.75) is 13.3 Å². The van der Waals surface area contributed by atoms with E-state index in [1.54, 1.807) is 6.07 Å². The lowest BCUT2D eigenvalue weighted by molar-refractivity contribution is -0.119. The van der Waals surface area contributed by atoms with Crippen molar-refractivity contribution in [3.63, 3.8) is 0 Å². The Hall–Kier alpha value is -1.84. The molecule has 2 rings (SSSR count). The van der Waals surface area contributed by atoms with E-state index in [0.29, 0.717) is 12.1 Å². The van der Waals surface area contributed by atoms with Crippen molar-refractivity contribution in [2.75, 3.05) is 24.5 Å². The third-order valence-corrected chi connectivity index (χ3v) is 2.96. The number of hydrogen-bond donors (Lipinski definition) is 1. The van der Waals surface area contributed by atoms with Crippen molar-refractivity contribution >= 4 is 17.9 Å². The minimum Gasteiger partial charge on any atom is -0.362 e. The fraction of sp³-hybridized carbons (Fsp3) is 0.385. The van der Waals surface area contributed by atoms with Crippen molar-refractivity contribution in [3.8, 4) is 0 Å². The van der Waals surface area contributed by atoms with E-state index >= 15 is 0 Å². The van der Waals surface area contributed by atoms with Crippen molar-refractivity contribution in [2.24, 2.45) is 0 Å². The highest BCUT2D eigenvalue weighted by molar-refractivity contribution is 5.83. The highest BCUT2D eigenvalue weighted by Crippen LogP contribution is 2.21. The number of carbonyl (C=O) groups excluding carboxylic acids is 2. The molecule has 0 aromatic heterocycles. The van der Waals surface area contributed by atoms with Crippen LogP contribution in [-0.4, -0.2) is 31.8 Å². The first-order chi connectivity index (χ1) is 8.20. The molecule has 4 heteroatoms. The normalized spacial score (nSPS) is 16.3. The Morgan fingerprint density at radius 1 is 1.41 bits per heavy atom. The summed E-state index contributed by atoms with van der Waals surface area (Å²) in [6.45, 7) is 3.95. The summed E-state index contributed by atoms with van der Waals surface area (Å²) in [5.74, 6) is 0.0568. The van der Waals surface area contributed by atoms with Crippen molar-refractivity contribution in [1.29, 1.82) is 0 Å². The molecule has 1 fully saturated rings. The number of nitrogens with one attached hydrogen (secondary N) is 1. The fourth-order valence-corrected chi connectivity index (χ4v) is 2.12. The Morgan fingerprint density at radius 2 is 2.24 bits per heavy atom. The van der Waals surface area contributed by atoms with Gasteiger partial charge in [-0.05, 0) is 37.1 Å². The third-order valence-electron chi connectivity index (χ3n) is 2.96. The summed E-state index contributed by atoms with van der Waals surface area (Å²) in [5, 5.41) is 2.85. The number of aldehydes is 1. The van der Waals surface area contributed by atoms with E-state index < -0.39 is 0 Å². The maximum Gasteiger partial charge on any atom is 0.239 e. The number of anilines is 1. The van der Waals surface area contributed by atoms with Gasteiger partial charge < -0.3 is 10.2 Å². The smallest absolute Gasteiger partial charge is 0.239 e. The molecule has 1 aliphatic heterocycles. The molecule has 1 aliphatic rings. The van der Waals surface area contributed by atoms with E-state index in [0.717, 1.165) is 37.0 Å². The standard InChI is InChI=1S/C13H16N2O2/c1-10-7-11(9-16)3-4-12(10)15-6-2-5-14-13(17)8-15/h3-4,7,9H,2,5-6,8H2,1H3,(H,14,17). The molecule has 17 heavy (non-hydrogen) atoms. The Kier molecular flexibility index (Phi) is 3.42. The minimum absolute atomic E-state index is 0.0568. The van der Waals surface area contributed by atoms with Crippen LogP contribution in [0.3, 0.4) is 0 Å². The van der Waals surface area contributed by atoms with Crippen molar-refractivity contribution < 1.29 is 9.59 Å². The van der Waals surface area contributed by atoms with Crippen LogP contribution in [0.5, 0.6) is 0 Å². The van der Waals surface area contributed by atoms with Gasteiger partial charge in [0.15, 0.2) is 0 Å². The number of hydrogen-bond acceptors (Lipinski definition) is 3. The zero-order valence-corrected chi connectivity index (χ0v) is 9.90. The fourth-order valence-electron chi connectivity index (χ4n) is 2.12. The van der Waals surface area contributed by atoms with Crippen molar-refractivity contribution in [1.82, 2.24) is 5.32 Å². The summed E-state index contributed by atoms with van der Waals surface area (Å²) in [6.07, 6.45) is 1.78. The molecule has 0 aliphatic carbocycles. The van der Waals surface area contributed by atoms with E-state index in [-0.39, 0.29) is 5.91 Å². The van der Waals surface area contributed by atoms with Crippen LogP contribution in [0.25, 0.3) is 0 Å². The van der Waals surface area contributed by atoms with Gasteiger partial charge in [0.2, 0.25) is 5.91 Å². The first-order valence-corrected chi connectivity index (χ1v) is 5.78. The Morgan fingerprint density at radius 3 is 2.94 bits per heavy atom. The van der Waals surface area contributed by atoms with Crippen LogP contribution in [0.4, 0.5) is 5.69 Å². The highest BCUT2D eigenvalue weighted by Gasteiger charge is 2.16. The summed E-state index contributed by atoms with van der Waals surface area (Å²) in [5.41, 5.74) is 2.74. The van der Waals surface area contributed by atoms with Gasteiger partial charge in [-0.1, -0.05) is 0 Å². The molecule has 0 saturated carbocycles. The first-order valence-electron chi connectivity index (χ1n) is 5.78. The Bertz CT molecular complexity index is 443. The lowest BCUT2D eigenvalue weighted by Crippen LogP contribution is -2.33. The molecule has 1 aromatic rings. The Balaban J connectivity index is 2.26. The number of amides is 1. The van der Waals surface area contributed by atoms with E-state index in [1.807, 2.05) is 19.1 Å². The first kappa shape index (κ1) is 11.6. The molecular weight excluding hydrogens is 216 g/mol. The second-order valence-electron chi connectivity index (χ2n) is 4.29. The number of nitrogens with zero attached hydrogens (tertiary/aromatic N) is 1. The lowest BCUT2D eigenvalue weighted by atomic mass is 10.1. The molecule has 4 nitrogen and oxygen atoms in total. The van der Waals surface area contributed by atoms with Gasteiger partial charge >= 0.3 is 0 Å². The number of benzene rings is 1. The van der Waals surface area contributed by atoms with Crippen molar-refractivity contribution in [3.05, 3.63) is 29.3 Å². The maximum absolute atomic E-state index is 11.5. The van der Waals surface area contributed by atoms with Gasteiger partial charge in [-0.15, -0.1) is 0 Å². The zero-order valence-electron chi connectivity index (χ0n) is 9.90. The molecule has 0 spiro atoms. The van der Waals surface area contributed by atoms with Gasteiger partial charge in [0.05, 0.1) is 6.54 Å². The van der Waals surface area contributed by atoms with Crippen LogP contribution in [0.15, 0.2) is 18.2 Å². The largest absolute Gasteiger partial charge is 0.362 e. The Labute approximate surface area is 101 Å². The quantitative estimate of drug-likeness (QED) is 0.778.